The van der Waals surface area contributed by atoms with E-state index < -0.39 is 0 Å². The van der Waals surface area contributed by atoms with Crippen LogP contribution in [0.15, 0.2) is 176 Å². The zero-order valence-corrected chi connectivity index (χ0v) is 28.5. The van der Waals surface area contributed by atoms with Gasteiger partial charge in [0.25, 0.3) is 0 Å². The quantitative estimate of drug-likeness (QED) is 0.180. The molecule has 1 aliphatic carbocycles. The van der Waals surface area contributed by atoms with Crippen LogP contribution in [0.4, 0.5) is 0 Å². The Kier molecular flexibility index (Phi) is 7.01. The van der Waals surface area contributed by atoms with Gasteiger partial charge < -0.3 is 9.13 Å². The minimum absolute atomic E-state index is 0.661. The van der Waals surface area contributed by atoms with E-state index in [1.165, 1.54) is 55.3 Å². The van der Waals surface area contributed by atoms with Crippen molar-refractivity contribution in [3.8, 4) is 34.0 Å². The second kappa shape index (κ2) is 12.2. The molecule has 0 aliphatic heterocycles. The summed E-state index contributed by atoms with van der Waals surface area (Å²) in [7, 11) is 0. The first kappa shape index (κ1) is 30.0. The largest absolute Gasteiger partial charge is 0.313 e. The molecular formula is C49H33N3. The number of hydrogen-bond donors (Lipinski definition) is 0. The highest BCUT2D eigenvalue weighted by molar-refractivity contribution is 6.13. The second-order valence-electron chi connectivity index (χ2n) is 13.6. The Morgan fingerprint density at radius 1 is 0.404 bits per heavy atom. The molecular weight excluding hydrogens is 631 g/mol. The van der Waals surface area contributed by atoms with E-state index in [-0.39, 0.29) is 0 Å². The number of para-hydroxylation sites is 1. The lowest BCUT2D eigenvalue weighted by Crippen LogP contribution is -2.01. The highest BCUT2D eigenvalue weighted by Crippen LogP contribution is 2.40. The Hall–Kier alpha value is -6.89. The molecule has 3 nitrogen and oxygen atoms in total. The molecule has 10 rings (SSSR count). The Balaban J connectivity index is 1.09. The molecule has 7 aromatic carbocycles. The average molecular weight is 664 g/mol. The third-order valence-corrected chi connectivity index (χ3v) is 10.7. The van der Waals surface area contributed by atoms with Gasteiger partial charge in [0, 0.05) is 32.9 Å². The number of nitriles is 1. The lowest BCUT2D eigenvalue weighted by Gasteiger charge is -2.18. The fourth-order valence-electron chi connectivity index (χ4n) is 8.15. The zero-order valence-electron chi connectivity index (χ0n) is 28.5. The van der Waals surface area contributed by atoms with Crippen molar-refractivity contribution in [2.24, 2.45) is 0 Å². The summed E-state index contributed by atoms with van der Waals surface area (Å²) < 4.78 is 4.77. The fourth-order valence-corrected chi connectivity index (χ4v) is 8.15. The molecule has 2 aromatic heterocycles. The molecule has 0 atom stereocenters. The second-order valence-corrected chi connectivity index (χ2v) is 13.6. The van der Waals surface area contributed by atoms with Crippen molar-refractivity contribution in [2.45, 2.75) is 12.8 Å². The van der Waals surface area contributed by atoms with Gasteiger partial charge in [0.15, 0.2) is 0 Å². The SMILES string of the molecule is N#Cc1ccc2c(c1)c1cc(-c3ccc4c(c3)c3ccccc3n4C3=CC=C(c4ccccc4)CC3)ccc1n2-c1ccc(-c2ccccc2)cc1. The highest BCUT2D eigenvalue weighted by atomic mass is 15.0. The summed E-state index contributed by atoms with van der Waals surface area (Å²) >= 11 is 0. The van der Waals surface area contributed by atoms with E-state index in [1.807, 2.05) is 18.2 Å². The summed E-state index contributed by atoms with van der Waals surface area (Å²) in [5.41, 5.74) is 15.1. The van der Waals surface area contributed by atoms with Gasteiger partial charge in [-0.1, -0.05) is 109 Å². The first-order valence-corrected chi connectivity index (χ1v) is 17.9. The lowest BCUT2D eigenvalue weighted by atomic mass is 9.96. The normalized spacial score (nSPS) is 13.1. The van der Waals surface area contributed by atoms with Crippen LogP contribution in [0.3, 0.4) is 0 Å². The molecule has 0 radical (unpaired) electrons. The maximum Gasteiger partial charge on any atom is 0.0991 e. The summed E-state index contributed by atoms with van der Waals surface area (Å²) in [6, 6.07) is 60.8. The molecule has 0 saturated carbocycles. The number of allylic oxidation sites excluding steroid dienone is 4. The van der Waals surface area contributed by atoms with Crippen LogP contribution in [0.5, 0.6) is 0 Å². The summed E-state index contributed by atoms with van der Waals surface area (Å²) in [4.78, 5) is 0. The van der Waals surface area contributed by atoms with E-state index in [4.69, 9.17) is 0 Å². The number of aromatic nitrogens is 2. The average Bonchev–Trinajstić information content (AvgIpc) is 3.73. The van der Waals surface area contributed by atoms with Gasteiger partial charge in [0.05, 0.1) is 33.7 Å². The van der Waals surface area contributed by atoms with Crippen LogP contribution in [0, 0.1) is 11.3 Å². The van der Waals surface area contributed by atoms with Crippen LogP contribution < -0.4 is 0 Å². The standard InChI is InChI=1S/C49H33N3/c50-32-33-15-26-47-43(29-33)45-31-39(21-28-49(45)52(47)41-24-18-37(19-25-41)35-11-5-2-6-12-35)38-20-27-48-44(30-38)42-13-7-8-14-46(42)51(48)40-22-16-36(17-23-40)34-9-3-1-4-10-34/h1-16,18-22,24-31H,17,23H2. The van der Waals surface area contributed by atoms with Crippen molar-refractivity contribution in [3.05, 3.63) is 187 Å². The molecule has 0 unspecified atom stereocenters. The van der Waals surface area contributed by atoms with E-state index in [0.29, 0.717) is 5.56 Å². The first-order valence-electron chi connectivity index (χ1n) is 17.9. The topological polar surface area (TPSA) is 33.6 Å². The van der Waals surface area contributed by atoms with Crippen LogP contribution in [0.2, 0.25) is 0 Å². The van der Waals surface area contributed by atoms with Crippen LogP contribution >= 0.6 is 0 Å². The molecule has 52 heavy (non-hydrogen) atoms. The molecule has 9 aromatic rings. The Morgan fingerprint density at radius 3 is 1.62 bits per heavy atom. The van der Waals surface area contributed by atoms with Crippen molar-refractivity contribution in [1.82, 2.24) is 9.13 Å². The number of benzene rings is 7. The molecule has 0 spiro atoms. The van der Waals surface area contributed by atoms with Crippen molar-refractivity contribution < 1.29 is 0 Å². The Morgan fingerprint density at radius 2 is 0.942 bits per heavy atom. The molecule has 0 N–H and O–H groups in total. The third-order valence-electron chi connectivity index (χ3n) is 10.7. The smallest absolute Gasteiger partial charge is 0.0991 e. The molecule has 1 aliphatic rings. The molecule has 0 fully saturated rings. The van der Waals surface area contributed by atoms with Crippen molar-refractivity contribution in [1.29, 1.82) is 5.26 Å². The van der Waals surface area contributed by atoms with E-state index in [9.17, 15) is 5.26 Å². The number of hydrogen-bond acceptors (Lipinski definition) is 1. The predicted molar refractivity (Wildman–Crippen MR) is 217 cm³/mol. The summed E-state index contributed by atoms with van der Waals surface area (Å²) in [5.74, 6) is 0. The van der Waals surface area contributed by atoms with Gasteiger partial charge in [-0.25, -0.2) is 0 Å². The van der Waals surface area contributed by atoms with Crippen LogP contribution in [-0.4, -0.2) is 9.13 Å². The summed E-state index contributed by atoms with van der Waals surface area (Å²) in [5, 5.41) is 14.6. The van der Waals surface area contributed by atoms with E-state index >= 15 is 0 Å². The van der Waals surface area contributed by atoms with Gasteiger partial charge in [0.1, 0.15) is 0 Å². The van der Waals surface area contributed by atoms with Crippen molar-refractivity contribution >= 4 is 54.9 Å². The number of fused-ring (bicyclic) bond motifs is 6. The van der Waals surface area contributed by atoms with Crippen molar-refractivity contribution in [3.63, 3.8) is 0 Å². The molecule has 3 heteroatoms. The lowest BCUT2D eigenvalue weighted by molar-refractivity contribution is 0.992. The van der Waals surface area contributed by atoms with Gasteiger partial charge in [-0.3, -0.25) is 0 Å². The molecule has 244 valence electrons. The highest BCUT2D eigenvalue weighted by Gasteiger charge is 2.18. The third kappa shape index (κ3) is 4.88. The monoisotopic (exact) mass is 663 g/mol. The van der Waals surface area contributed by atoms with Crippen molar-refractivity contribution in [2.75, 3.05) is 0 Å². The molecule has 0 amide bonds. The maximum absolute atomic E-state index is 9.85. The zero-order chi connectivity index (χ0) is 34.6. The van der Waals surface area contributed by atoms with Gasteiger partial charge >= 0.3 is 0 Å². The van der Waals surface area contributed by atoms with Crippen LogP contribution in [-0.2, 0) is 0 Å². The minimum Gasteiger partial charge on any atom is -0.313 e. The summed E-state index contributed by atoms with van der Waals surface area (Å²) in [6.07, 6.45) is 6.60. The van der Waals surface area contributed by atoms with Crippen LogP contribution in [0.1, 0.15) is 24.0 Å². The number of rotatable bonds is 5. The van der Waals surface area contributed by atoms with E-state index in [1.54, 1.807) is 0 Å². The first-order chi connectivity index (χ1) is 25.7. The van der Waals surface area contributed by atoms with E-state index in [2.05, 4.69) is 173 Å². The summed E-state index contributed by atoms with van der Waals surface area (Å²) in [6.45, 7) is 0. The van der Waals surface area contributed by atoms with Gasteiger partial charge in [-0.05, 0) is 113 Å². The molecule has 0 saturated heterocycles. The number of nitrogens with zero attached hydrogens (tertiary/aromatic N) is 3. The molecule has 0 bridgehead atoms. The Labute approximate surface area is 302 Å². The van der Waals surface area contributed by atoms with E-state index in [0.717, 1.165) is 45.9 Å². The van der Waals surface area contributed by atoms with Gasteiger partial charge in [-0.2, -0.15) is 5.26 Å². The predicted octanol–water partition coefficient (Wildman–Crippen LogP) is 12.8. The Bertz CT molecular complexity index is 2930. The van der Waals surface area contributed by atoms with Gasteiger partial charge in [-0.15, -0.1) is 0 Å². The fraction of sp³-hybridized carbons (Fsp3) is 0.0408. The maximum atomic E-state index is 9.85. The minimum atomic E-state index is 0.661. The van der Waals surface area contributed by atoms with Crippen LogP contribution in [0.25, 0.3) is 82.8 Å². The molecule has 2 heterocycles. The van der Waals surface area contributed by atoms with Gasteiger partial charge in [0.2, 0.25) is 0 Å².